The highest BCUT2D eigenvalue weighted by atomic mass is 35.5. The van der Waals surface area contributed by atoms with E-state index in [2.05, 4.69) is 10.4 Å². The van der Waals surface area contributed by atoms with Crippen molar-refractivity contribution in [3.05, 3.63) is 22.5 Å². The van der Waals surface area contributed by atoms with Gasteiger partial charge in [-0.05, 0) is 24.4 Å². The lowest BCUT2D eigenvalue weighted by Crippen LogP contribution is -2.33. The second-order valence-corrected chi connectivity index (χ2v) is 4.53. The number of amides is 1. The van der Waals surface area contributed by atoms with Gasteiger partial charge in [-0.25, -0.2) is 0 Å². The van der Waals surface area contributed by atoms with Gasteiger partial charge in [0.05, 0.1) is 4.92 Å². The SMILES string of the molecule is CCC(C(=O)NCCCC(=O)Cl)n1cc([N+](=O)[O-])cn1. The standard InChI is InChI=1S/C11H15ClN4O4/c1-2-9(11(18)13-5-3-4-10(12)17)15-7-8(6-14-15)16(19)20/h6-7,9H,2-5H2,1H3,(H,13,18). The molecule has 1 aromatic rings. The zero-order chi connectivity index (χ0) is 15.1. The fourth-order valence-electron chi connectivity index (χ4n) is 1.64. The summed E-state index contributed by atoms with van der Waals surface area (Å²) in [6, 6.07) is -0.615. The van der Waals surface area contributed by atoms with Gasteiger partial charge in [-0.1, -0.05) is 6.92 Å². The third-order valence-electron chi connectivity index (χ3n) is 2.66. The first-order valence-corrected chi connectivity index (χ1v) is 6.48. The lowest BCUT2D eigenvalue weighted by atomic mass is 10.2. The molecule has 0 aliphatic heterocycles. The fraction of sp³-hybridized carbons (Fsp3) is 0.545. The summed E-state index contributed by atoms with van der Waals surface area (Å²) < 4.78 is 1.26. The molecule has 0 spiro atoms. The second-order valence-electron chi connectivity index (χ2n) is 4.11. The third-order valence-corrected chi connectivity index (χ3v) is 2.85. The Morgan fingerprint density at radius 1 is 1.60 bits per heavy atom. The first-order valence-electron chi connectivity index (χ1n) is 6.10. The van der Waals surface area contributed by atoms with Gasteiger partial charge in [0.2, 0.25) is 11.1 Å². The number of aromatic nitrogens is 2. The van der Waals surface area contributed by atoms with E-state index in [-0.39, 0.29) is 18.0 Å². The van der Waals surface area contributed by atoms with Crippen LogP contribution in [0.3, 0.4) is 0 Å². The quantitative estimate of drug-likeness (QED) is 0.338. The Morgan fingerprint density at radius 3 is 2.80 bits per heavy atom. The first kappa shape index (κ1) is 16.1. The maximum absolute atomic E-state index is 11.9. The average molecular weight is 303 g/mol. The summed E-state index contributed by atoms with van der Waals surface area (Å²) in [5, 5.41) is 16.6. The summed E-state index contributed by atoms with van der Waals surface area (Å²) >= 11 is 5.18. The van der Waals surface area contributed by atoms with Crippen molar-refractivity contribution in [2.75, 3.05) is 6.54 Å². The molecule has 1 amide bonds. The lowest BCUT2D eigenvalue weighted by molar-refractivity contribution is -0.385. The number of hydrogen-bond donors (Lipinski definition) is 1. The van der Waals surface area contributed by atoms with Gasteiger partial charge in [-0.3, -0.25) is 24.4 Å². The number of rotatable bonds is 8. The minimum atomic E-state index is -0.615. The van der Waals surface area contributed by atoms with Crippen molar-refractivity contribution in [1.29, 1.82) is 0 Å². The average Bonchev–Trinajstić information content (AvgIpc) is 2.85. The van der Waals surface area contributed by atoms with Crippen LogP contribution in [0.1, 0.15) is 32.2 Å². The van der Waals surface area contributed by atoms with Crippen molar-refractivity contribution in [3.63, 3.8) is 0 Å². The molecule has 1 heterocycles. The number of nitro groups is 1. The molecule has 1 unspecified atom stereocenters. The van der Waals surface area contributed by atoms with Crippen LogP contribution in [0.5, 0.6) is 0 Å². The highest BCUT2D eigenvalue weighted by Crippen LogP contribution is 2.15. The van der Waals surface area contributed by atoms with E-state index in [0.29, 0.717) is 19.4 Å². The van der Waals surface area contributed by atoms with Crippen LogP contribution in [0.2, 0.25) is 0 Å². The molecule has 0 saturated carbocycles. The molecule has 1 rings (SSSR count). The van der Waals surface area contributed by atoms with E-state index < -0.39 is 16.2 Å². The molecule has 1 atom stereocenters. The molecule has 0 saturated heterocycles. The van der Waals surface area contributed by atoms with Gasteiger partial charge in [0.1, 0.15) is 18.4 Å². The molecule has 0 aliphatic carbocycles. The Bertz CT molecular complexity index is 502. The summed E-state index contributed by atoms with van der Waals surface area (Å²) in [7, 11) is 0. The number of halogens is 1. The molecule has 0 bridgehead atoms. The molecule has 8 nitrogen and oxygen atoms in total. The summed E-state index contributed by atoms with van der Waals surface area (Å²) in [5.41, 5.74) is -0.163. The lowest BCUT2D eigenvalue weighted by Gasteiger charge is -2.14. The van der Waals surface area contributed by atoms with Crippen molar-refractivity contribution < 1.29 is 14.5 Å². The van der Waals surface area contributed by atoms with Crippen LogP contribution in [0.4, 0.5) is 5.69 Å². The van der Waals surface area contributed by atoms with Gasteiger partial charge in [0.15, 0.2) is 0 Å². The molecule has 110 valence electrons. The zero-order valence-corrected chi connectivity index (χ0v) is 11.7. The van der Waals surface area contributed by atoms with E-state index in [1.807, 2.05) is 0 Å². The molecular formula is C11H15ClN4O4. The van der Waals surface area contributed by atoms with Crippen molar-refractivity contribution in [2.24, 2.45) is 0 Å². The smallest absolute Gasteiger partial charge is 0.307 e. The third kappa shape index (κ3) is 4.61. The Kier molecular flexibility index (Phi) is 6.10. The van der Waals surface area contributed by atoms with Gasteiger partial charge in [-0.15, -0.1) is 0 Å². The Labute approximate surface area is 120 Å². The normalized spacial score (nSPS) is 11.9. The van der Waals surface area contributed by atoms with E-state index in [0.717, 1.165) is 6.20 Å². The maximum Gasteiger partial charge on any atom is 0.307 e. The highest BCUT2D eigenvalue weighted by Gasteiger charge is 2.21. The van der Waals surface area contributed by atoms with Crippen molar-refractivity contribution >= 4 is 28.4 Å². The predicted octanol–water partition coefficient (Wildman–Crippen LogP) is 1.40. The van der Waals surface area contributed by atoms with E-state index >= 15 is 0 Å². The number of hydrogen-bond acceptors (Lipinski definition) is 5. The van der Waals surface area contributed by atoms with E-state index in [1.54, 1.807) is 6.92 Å². The van der Waals surface area contributed by atoms with Crippen molar-refractivity contribution in [3.8, 4) is 0 Å². The number of carbonyl (C=O) groups excluding carboxylic acids is 2. The zero-order valence-electron chi connectivity index (χ0n) is 10.9. The molecule has 0 radical (unpaired) electrons. The van der Waals surface area contributed by atoms with Crippen molar-refractivity contribution in [2.45, 2.75) is 32.2 Å². The number of nitrogens with one attached hydrogen (secondary N) is 1. The molecule has 1 N–H and O–H groups in total. The van der Waals surface area contributed by atoms with Gasteiger partial charge < -0.3 is 5.32 Å². The fourth-order valence-corrected chi connectivity index (χ4v) is 1.78. The van der Waals surface area contributed by atoms with Gasteiger partial charge in [0, 0.05) is 13.0 Å². The molecule has 20 heavy (non-hydrogen) atoms. The van der Waals surface area contributed by atoms with E-state index in [1.165, 1.54) is 10.9 Å². The monoisotopic (exact) mass is 302 g/mol. The van der Waals surface area contributed by atoms with E-state index in [9.17, 15) is 19.7 Å². The number of carbonyl (C=O) groups is 2. The molecule has 1 aromatic heterocycles. The summed E-state index contributed by atoms with van der Waals surface area (Å²) in [6.45, 7) is 2.09. The summed E-state index contributed by atoms with van der Waals surface area (Å²) in [6.07, 6.45) is 3.40. The van der Waals surface area contributed by atoms with Gasteiger partial charge >= 0.3 is 5.69 Å². The summed E-state index contributed by atoms with van der Waals surface area (Å²) in [5.74, 6) is -0.299. The van der Waals surface area contributed by atoms with E-state index in [4.69, 9.17) is 11.6 Å². The van der Waals surface area contributed by atoms with Gasteiger partial charge in [-0.2, -0.15) is 5.10 Å². The summed E-state index contributed by atoms with van der Waals surface area (Å²) in [4.78, 5) is 32.5. The first-order chi connectivity index (χ1) is 9.45. The Morgan fingerprint density at radius 2 is 2.30 bits per heavy atom. The Hall–Kier alpha value is -1.96. The van der Waals surface area contributed by atoms with Crippen LogP contribution < -0.4 is 5.32 Å². The minimum Gasteiger partial charge on any atom is -0.354 e. The van der Waals surface area contributed by atoms with Crippen LogP contribution in [0.25, 0.3) is 0 Å². The maximum atomic E-state index is 11.9. The van der Waals surface area contributed by atoms with Crippen molar-refractivity contribution in [1.82, 2.24) is 15.1 Å². The minimum absolute atomic E-state index is 0.163. The largest absolute Gasteiger partial charge is 0.354 e. The van der Waals surface area contributed by atoms with Crippen LogP contribution >= 0.6 is 11.6 Å². The number of nitrogens with zero attached hydrogens (tertiary/aromatic N) is 3. The van der Waals surface area contributed by atoms with Gasteiger partial charge in [0.25, 0.3) is 0 Å². The van der Waals surface area contributed by atoms with Crippen LogP contribution in [-0.4, -0.2) is 32.4 Å². The molecule has 9 heteroatoms. The highest BCUT2D eigenvalue weighted by molar-refractivity contribution is 6.63. The molecule has 0 aliphatic rings. The molecule has 0 aromatic carbocycles. The molecule has 0 fully saturated rings. The van der Waals surface area contributed by atoms with Crippen LogP contribution in [0.15, 0.2) is 12.4 Å². The van der Waals surface area contributed by atoms with Crippen LogP contribution in [0, 0.1) is 10.1 Å². The second kappa shape index (κ2) is 7.59. The Balaban J connectivity index is 2.57. The molecular weight excluding hydrogens is 288 g/mol. The van der Waals surface area contributed by atoms with Crippen LogP contribution in [-0.2, 0) is 9.59 Å². The predicted molar refractivity (Wildman–Crippen MR) is 71.3 cm³/mol. The topological polar surface area (TPSA) is 107 Å².